The molecule has 43 heavy (non-hydrogen) atoms. The van der Waals surface area contributed by atoms with Gasteiger partial charge in [0, 0.05) is 40.1 Å². The lowest BCUT2D eigenvalue weighted by atomic mass is 9.96. The van der Waals surface area contributed by atoms with Crippen LogP contribution in [-0.4, -0.2) is 4.98 Å². The number of aromatic amines is 1. The van der Waals surface area contributed by atoms with Gasteiger partial charge in [-0.3, -0.25) is 0 Å². The lowest BCUT2D eigenvalue weighted by Crippen LogP contribution is -2.09. The third-order valence-corrected chi connectivity index (χ3v) is 8.64. The normalized spacial score (nSPS) is 11.7. The third-order valence-electron chi connectivity index (χ3n) is 8.64. The largest absolute Gasteiger partial charge is 0.440 e. The maximum atomic E-state index is 6.23. The van der Waals surface area contributed by atoms with Gasteiger partial charge in [-0.15, -0.1) is 0 Å². The van der Waals surface area contributed by atoms with Crippen molar-refractivity contribution in [3.8, 4) is 11.1 Å². The van der Waals surface area contributed by atoms with Crippen molar-refractivity contribution in [2.45, 2.75) is 0 Å². The van der Waals surface area contributed by atoms with Crippen molar-refractivity contribution in [2.24, 2.45) is 0 Å². The molecule has 0 aliphatic heterocycles. The van der Waals surface area contributed by atoms with Gasteiger partial charge in [-0.1, -0.05) is 97.1 Å². The first-order valence-electron chi connectivity index (χ1n) is 14.6. The molecule has 0 aliphatic carbocycles. The van der Waals surface area contributed by atoms with Gasteiger partial charge in [0.2, 0.25) is 5.71 Å². The molecule has 0 unspecified atom stereocenters. The molecule has 2 heterocycles. The molecule has 9 rings (SSSR count). The molecule has 0 radical (unpaired) electrons. The molecule has 3 heteroatoms. The van der Waals surface area contributed by atoms with E-state index >= 15 is 0 Å². The summed E-state index contributed by atoms with van der Waals surface area (Å²) in [5.41, 5.74) is 7.28. The van der Waals surface area contributed by atoms with Crippen LogP contribution in [0.15, 0.2) is 156 Å². The average Bonchev–Trinajstić information content (AvgIpc) is 3.67. The summed E-state index contributed by atoms with van der Waals surface area (Å²) in [6, 6.07) is 52.3. The van der Waals surface area contributed by atoms with E-state index in [0.717, 1.165) is 39.1 Å². The zero-order valence-electron chi connectivity index (χ0n) is 23.3. The zero-order chi connectivity index (χ0) is 28.3. The van der Waals surface area contributed by atoms with E-state index in [1.807, 2.05) is 6.20 Å². The van der Waals surface area contributed by atoms with Crippen molar-refractivity contribution < 1.29 is 4.42 Å². The van der Waals surface area contributed by atoms with Crippen LogP contribution in [0.1, 0.15) is 0 Å². The van der Waals surface area contributed by atoms with Gasteiger partial charge in [0.25, 0.3) is 0 Å². The van der Waals surface area contributed by atoms with Gasteiger partial charge >= 0.3 is 0 Å². The van der Waals surface area contributed by atoms with Gasteiger partial charge < -0.3 is 14.3 Å². The second kappa shape index (κ2) is 9.37. The Morgan fingerprint density at radius 1 is 0.442 bits per heavy atom. The average molecular weight is 551 g/mol. The third kappa shape index (κ3) is 3.83. The Bertz CT molecular complexity index is 2440. The molecule has 7 aromatic carbocycles. The van der Waals surface area contributed by atoms with Crippen LogP contribution in [0, 0.1) is 0 Å². The van der Waals surface area contributed by atoms with Crippen LogP contribution in [-0.2, 0) is 0 Å². The molecule has 0 fully saturated rings. The topological polar surface area (TPSA) is 32.2 Å². The Morgan fingerprint density at radius 2 is 1.09 bits per heavy atom. The number of nitrogens with one attached hydrogen (secondary N) is 1. The molecule has 0 saturated carbocycles. The molecule has 0 saturated heterocycles. The summed E-state index contributed by atoms with van der Waals surface area (Å²) in [6.45, 7) is 0. The SMILES string of the molecule is c1ccc(-c2ccc(N(c3ccc4c(c3)oc3[nH]ccc34)c3ccc4ccc5ccc6ccccc6c5c4c3)cc2)cc1. The van der Waals surface area contributed by atoms with Crippen molar-refractivity contribution >= 4 is 71.4 Å². The van der Waals surface area contributed by atoms with Gasteiger partial charge in [-0.05, 0) is 85.9 Å². The maximum absolute atomic E-state index is 6.23. The van der Waals surface area contributed by atoms with Crippen LogP contribution in [0.4, 0.5) is 17.1 Å². The highest BCUT2D eigenvalue weighted by atomic mass is 16.3. The molecule has 3 nitrogen and oxygen atoms in total. The molecule has 1 N–H and O–H groups in total. The smallest absolute Gasteiger partial charge is 0.205 e. The molecule has 0 amide bonds. The zero-order valence-corrected chi connectivity index (χ0v) is 23.3. The van der Waals surface area contributed by atoms with E-state index in [9.17, 15) is 0 Å². The molecule has 0 spiro atoms. The number of hydrogen-bond acceptors (Lipinski definition) is 2. The fourth-order valence-electron chi connectivity index (χ4n) is 6.55. The molecule has 0 atom stereocenters. The Morgan fingerprint density at radius 3 is 1.95 bits per heavy atom. The minimum absolute atomic E-state index is 0.801. The van der Waals surface area contributed by atoms with Crippen LogP contribution in [0.25, 0.3) is 65.5 Å². The van der Waals surface area contributed by atoms with Gasteiger partial charge in [-0.25, -0.2) is 0 Å². The highest BCUT2D eigenvalue weighted by Gasteiger charge is 2.17. The number of benzene rings is 7. The highest BCUT2D eigenvalue weighted by molar-refractivity contribution is 6.20. The van der Waals surface area contributed by atoms with E-state index in [1.165, 1.54) is 43.4 Å². The summed E-state index contributed by atoms with van der Waals surface area (Å²) >= 11 is 0. The summed E-state index contributed by atoms with van der Waals surface area (Å²) in [5.74, 6) is 0. The first-order valence-corrected chi connectivity index (χ1v) is 14.6. The maximum Gasteiger partial charge on any atom is 0.205 e. The number of furan rings is 1. The summed E-state index contributed by atoms with van der Waals surface area (Å²) in [6.07, 6.45) is 1.92. The first kappa shape index (κ1) is 23.9. The second-order valence-electron chi connectivity index (χ2n) is 11.1. The van der Waals surface area contributed by atoms with E-state index < -0.39 is 0 Å². The van der Waals surface area contributed by atoms with Crippen molar-refractivity contribution in [3.63, 3.8) is 0 Å². The first-order chi connectivity index (χ1) is 21.3. The molecule has 0 bridgehead atoms. The van der Waals surface area contributed by atoms with E-state index in [0.29, 0.717) is 0 Å². The summed E-state index contributed by atoms with van der Waals surface area (Å²) in [4.78, 5) is 5.54. The fraction of sp³-hybridized carbons (Fsp3) is 0. The summed E-state index contributed by atoms with van der Waals surface area (Å²) in [7, 11) is 0. The van der Waals surface area contributed by atoms with Crippen LogP contribution >= 0.6 is 0 Å². The van der Waals surface area contributed by atoms with Crippen LogP contribution < -0.4 is 4.90 Å². The van der Waals surface area contributed by atoms with Crippen molar-refractivity contribution in [3.05, 3.63) is 152 Å². The van der Waals surface area contributed by atoms with Gasteiger partial charge in [-0.2, -0.15) is 0 Å². The Balaban J connectivity index is 1.27. The Kier molecular flexibility index (Phi) is 5.20. The highest BCUT2D eigenvalue weighted by Crippen LogP contribution is 2.41. The molecule has 2 aromatic heterocycles. The number of fused-ring (bicyclic) bond motifs is 8. The quantitative estimate of drug-likeness (QED) is 0.221. The second-order valence-corrected chi connectivity index (χ2v) is 11.1. The van der Waals surface area contributed by atoms with Crippen LogP contribution in [0.3, 0.4) is 0 Å². The molecule has 0 aliphatic rings. The standard InChI is InChI=1S/C40H26N2O/c1-2-6-26(7-3-1)27-14-17-31(18-15-27)42(33-20-21-35-36-22-23-41-40(36)43-38(35)25-33)32-19-16-29-11-13-30-12-10-28-8-4-5-9-34(28)39(30)37(29)24-32/h1-25,41H. The summed E-state index contributed by atoms with van der Waals surface area (Å²) in [5, 5.41) is 9.73. The Hall–Kier alpha value is -5.80. The van der Waals surface area contributed by atoms with E-state index in [2.05, 4.69) is 155 Å². The predicted molar refractivity (Wildman–Crippen MR) is 181 cm³/mol. The fourth-order valence-corrected chi connectivity index (χ4v) is 6.55. The van der Waals surface area contributed by atoms with Gasteiger partial charge in [0.05, 0.1) is 0 Å². The minimum Gasteiger partial charge on any atom is -0.440 e. The van der Waals surface area contributed by atoms with Crippen molar-refractivity contribution in [1.29, 1.82) is 0 Å². The molecular formula is C40H26N2O. The van der Waals surface area contributed by atoms with E-state index in [-0.39, 0.29) is 0 Å². The van der Waals surface area contributed by atoms with Crippen LogP contribution in [0.5, 0.6) is 0 Å². The monoisotopic (exact) mass is 550 g/mol. The number of aromatic nitrogens is 1. The number of anilines is 3. The van der Waals surface area contributed by atoms with E-state index in [4.69, 9.17) is 4.42 Å². The van der Waals surface area contributed by atoms with Gasteiger partial charge in [0.1, 0.15) is 5.58 Å². The number of H-pyrrole nitrogens is 1. The minimum atomic E-state index is 0.801. The van der Waals surface area contributed by atoms with Gasteiger partial charge in [0.15, 0.2) is 0 Å². The lowest BCUT2D eigenvalue weighted by molar-refractivity contribution is 0.656. The molecular weight excluding hydrogens is 524 g/mol. The number of nitrogens with zero attached hydrogens (tertiary/aromatic N) is 1. The van der Waals surface area contributed by atoms with Crippen molar-refractivity contribution in [1.82, 2.24) is 4.98 Å². The molecule has 202 valence electrons. The van der Waals surface area contributed by atoms with Crippen LogP contribution in [0.2, 0.25) is 0 Å². The van der Waals surface area contributed by atoms with Crippen molar-refractivity contribution in [2.75, 3.05) is 4.90 Å². The Labute approximate surface area is 248 Å². The lowest BCUT2D eigenvalue weighted by Gasteiger charge is -2.26. The predicted octanol–water partition coefficient (Wildman–Crippen LogP) is 11.5. The van der Waals surface area contributed by atoms with E-state index in [1.54, 1.807) is 0 Å². The summed E-state index contributed by atoms with van der Waals surface area (Å²) < 4.78 is 6.23. The number of rotatable bonds is 4. The number of hydrogen-bond donors (Lipinski definition) is 1. The molecule has 9 aromatic rings.